The smallest absolute Gasteiger partial charge is 0.326 e. The van der Waals surface area contributed by atoms with Gasteiger partial charge in [-0.1, -0.05) is 6.08 Å². The summed E-state index contributed by atoms with van der Waals surface area (Å²) in [5.41, 5.74) is 1.09. The SMILES string of the molecule is C=CCC(Nc1ncnc2sc(C)c(C)c12)C(=O)O. The van der Waals surface area contributed by atoms with Crippen LogP contribution in [0, 0.1) is 13.8 Å². The van der Waals surface area contributed by atoms with E-state index >= 15 is 0 Å². The van der Waals surface area contributed by atoms with Gasteiger partial charge in [-0.05, 0) is 25.8 Å². The van der Waals surface area contributed by atoms with Crippen molar-refractivity contribution in [3.05, 3.63) is 29.4 Å². The van der Waals surface area contributed by atoms with E-state index in [2.05, 4.69) is 21.9 Å². The highest BCUT2D eigenvalue weighted by Crippen LogP contribution is 2.32. The van der Waals surface area contributed by atoms with Gasteiger partial charge >= 0.3 is 5.97 Å². The number of aliphatic carboxylic acids is 1. The van der Waals surface area contributed by atoms with Crippen molar-refractivity contribution < 1.29 is 9.90 Å². The van der Waals surface area contributed by atoms with Crippen LogP contribution in [0.1, 0.15) is 16.9 Å². The van der Waals surface area contributed by atoms with Crippen LogP contribution in [0.2, 0.25) is 0 Å². The Labute approximate surface area is 115 Å². The van der Waals surface area contributed by atoms with Gasteiger partial charge in [-0.2, -0.15) is 0 Å². The fraction of sp³-hybridized carbons (Fsp3) is 0.308. The average molecular weight is 277 g/mol. The van der Waals surface area contributed by atoms with Crippen molar-refractivity contribution in [2.24, 2.45) is 0 Å². The second-order valence-electron chi connectivity index (χ2n) is 4.25. The second kappa shape index (κ2) is 5.36. The lowest BCUT2D eigenvalue weighted by atomic mass is 10.1. The number of carboxylic acids is 1. The summed E-state index contributed by atoms with van der Waals surface area (Å²) >= 11 is 1.58. The summed E-state index contributed by atoms with van der Waals surface area (Å²) in [6.45, 7) is 7.58. The molecule has 1 unspecified atom stereocenters. The summed E-state index contributed by atoms with van der Waals surface area (Å²) in [4.78, 5) is 21.6. The van der Waals surface area contributed by atoms with Gasteiger partial charge in [-0.25, -0.2) is 14.8 Å². The summed E-state index contributed by atoms with van der Waals surface area (Å²) in [6.07, 6.45) is 3.37. The molecule has 100 valence electrons. The van der Waals surface area contributed by atoms with E-state index in [0.717, 1.165) is 20.7 Å². The number of aromatic nitrogens is 2. The van der Waals surface area contributed by atoms with Crippen molar-refractivity contribution in [3.63, 3.8) is 0 Å². The molecule has 2 aromatic rings. The highest BCUT2D eigenvalue weighted by molar-refractivity contribution is 7.18. The molecule has 0 spiro atoms. The molecule has 0 amide bonds. The van der Waals surface area contributed by atoms with Crippen LogP contribution in [0.5, 0.6) is 0 Å². The summed E-state index contributed by atoms with van der Waals surface area (Å²) in [6, 6.07) is -0.727. The molecule has 0 aliphatic carbocycles. The zero-order chi connectivity index (χ0) is 14.0. The molecule has 0 fully saturated rings. The number of aryl methyl sites for hydroxylation is 2. The second-order valence-corrected chi connectivity index (χ2v) is 5.45. The zero-order valence-electron chi connectivity index (χ0n) is 10.8. The van der Waals surface area contributed by atoms with Crippen LogP contribution >= 0.6 is 11.3 Å². The van der Waals surface area contributed by atoms with Gasteiger partial charge in [0.1, 0.15) is 23.0 Å². The van der Waals surface area contributed by atoms with Crippen LogP contribution in [0.15, 0.2) is 19.0 Å². The third-order valence-electron chi connectivity index (χ3n) is 2.98. The van der Waals surface area contributed by atoms with E-state index in [1.54, 1.807) is 17.4 Å². The van der Waals surface area contributed by atoms with Crippen molar-refractivity contribution in [2.45, 2.75) is 26.3 Å². The van der Waals surface area contributed by atoms with Crippen molar-refractivity contribution in [2.75, 3.05) is 5.32 Å². The third kappa shape index (κ3) is 2.58. The minimum absolute atomic E-state index is 0.336. The van der Waals surface area contributed by atoms with E-state index in [1.807, 2.05) is 13.8 Å². The minimum atomic E-state index is -0.920. The molecular formula is C13H15N3O2S. The summed E-state index contributed by atoms with van der Waals surface area (Å²) < 4.78 is 0. The molecule has 6 heteroatoms. The lowest BCUT2D eigenvalue weighted by molar-refractivity contribution is -0.137. The monoisotopic (exact) mass is 277 g/mol. The van der Waals surface area contributed by atoms with Crippen molar-refractivity contribution in [1.29, 1.82) is 0 Å². The van der Waals surface area contributed by atoms with Crippen molar-refractivity contribution in [3.8, 4) is 0 Å². The van der Waals surface area contributed by atoms with Gasteiger partial charge in [0.25, 0.3) is 0 Å². The first-order chi connectivity index (χ1) is 9.04. The van der Waals surface area contributed by atoms with Crippen LogP contribution < -0.4 is 5.32 Å². The first kappa shape index (κ1) is 13.5. The maximum absolute atomic E-state index is 11.2. The number of rotatable bonds is 5. The number of fused-ring (bicyclic) bond motifs is 1. The normalized spacial score (nSPS) is 12.3. The molecule has 0 aliphatic rings. The minimum Gasteiger partial charge on any atom is -0.480 e. The molecule has 0 saturated heterocycles. The van der Waals surface area contributed by atoms with Crippen molar-refractivity contribution in [1.82, 2.24) is 9.97 Å². The Hall–Kier alpha value is -1.95. The molecule has 0 bridgehead atoms. The lowest BCUT2D eigenvalue weighted by Gasteiger charge is -2.13. The van der Waals surface area contributed by atoms with Crippen LogP contribution in [0.4, 0.5) is 5.82 Å². The van der Waals surface area contributed by atoms with Gasteiger partial charge in [0.2, 0.25) is 0 Å². The highest BCUT2D eigenvalue weighted by atomic mass is 32.1. The Morgan fingerprint density at radius 3 is 2.95 bits per heavy atom. The Kier molecular flexibility index (Phi) is 3.80. The maximum Gasteiger partial charge on any atom is 0.326 e. The molecule has 1 atom stereocenters. The molecule has 2 aromatic heterocycles. The molecule has 0 saturated carbocycles. The molecule has 0 aliphatic heterocycles. The van der Waals surface area contributed by atoms with Crippen LogP contribution in [-0.4, -0.2) is 27.1 Å². The van der Waals surface area contributed by atoms with Crippen LogP contribution in [-0.2, 0) is 4.79 Å². The fourth-order valence-corrected chi connectivity index (χ4v) is 2.84. The fourth-order valence-electron chi connectivity index (χ4n) is 1.85. The number of hydrogen-bond donors (Lipinski definition) is 2. The number of nitrogens with zero attached hydrogens (tertiary/aromatic N) is 2. The average Bonchev–Trinajstić information content (AvgIpc) is 2.65. The van der Waals surface area contributed by atoms with E-state index in [1.165, 1.54) is 6.33 Å². The maximum atomic E-state index is 11.2. The van der Waals surface area contributed by atoms with Gasteiger partial charge in [0.15, 0.2) is 0 Å². The van der Waals surface area contributed by atoms with E-state index in [4.69, 9.17) is 5.11 Å². The predicted octanol–water partition coefficient (Wildman–Crippen LogP) is 2.75. The number of carboxylic acid groups (broad SMARTS) is 1. The van der Waals surface area contributed by atoms with Gasteiger partial charge in [-0.3, -0.25) is 0 Å². The van der Waals surface area contributed by atoms with Crippen LogP contribution in [0.25, 0.3) is 10.2 Å². The van der Waals surface area contributed by atoms with E-state index in [0.29, 0.717) is 12.2 Å². The molecule has 19 heavy (non-hydrogen) atoms. The summed E-state index contributed by atoms with van der Waals surface area (Å²) in [7, 11) is 0. The van der Waals surface area contributed by atoms with Gasteiger partial charge in [0, 0.05) is 4.88 Å². The Balaban J connectivity index is 2.44. The highest BCUT2D eigenvalue weighted by Gasteiger charge is 2.19. The van der Waals surface area contributed by atoms with Gasteiger partial charge in [-0.15, -0.1) is 17.9 Å². The number of carbonyl (C=O) groups is 1. The van der Waals surface area contributed by atoms with Gasteiger partial charge in [0.05, 0.1) is 5.39 Å². The third-order valence-corrected chi connectivity index (χ3v) is 4.09. The van der Waals surface area contributed by atoms with Crippen LogP contribution in [0.3, 0.4) is 0 Å². The zero-order valence-corrected chi connectivity index (χ0v) is 11.6. The lowest BCUT2D eigenvalue weighted by Crippen LogP contribution is -2.29. The van der Waals surface area contributed by atoms with E-state index in [9.17, 15) is 4.79 Å². The summed E-state index contributed by atoms with van der Waals surface area (Å²) in [5.74, 6) is -0.350. The molecule has 2 heterocycles. The standard InChI is InChI=1S/C13H15N3O2S/c1-4-5-9(13(17)18)16-11-10-7(2)8(3)19-12(10)15-6-14-11/h4,6,9H,1,5H2,2-3H3,(H,17,18)(H,14,15,16). The quantitative estimate of drug-likeness (QED) is 0.822. The number of hydrogen-bond acceptors (Lipinski definition) is 5. The molecule has 2 rings (SSSR count). The number of nitrogens with one attached hydrogen (secondary N) is 1. The molecule has 2 N–H and O–H groups in total. The Morgan fingerprint density at radius 1 is 1.58 bits per heavy atom. The summed E-state index contributed by atoms with van der Waals surface area (Å²) in [5, 5.41) is 13.0. The first-order valence-corrected chi connectivity index (χ1v) is 6.67. The molecule has 0 radical (unpaired) electrons. The Morgan fingerprint density at radius 2 is 2.32 bits per heavy atom. The predicted molar refractivity (Wildman–Crippen MR) is 76.7 cm³/mol. The largest absolute Gasteiger partial charge is 0.480 e. The van der Waals surface area contributed by atoms with Gasteiger partial charge < -0.3 is 10.4 Å². The molecule has 5 nitrogen and oxygen atoms in total. The van der Waals surface area contributed by atoms with E-state index < -0.39 is 12.0 Å². The number of thiophene rings is 1. The van der Waals surface area contributed by atoms with E-state index in [-0.39, 0.29) is 0 Å². The molecular weight excluding hydrogens is 262 g/mol. The first-order valence-electron chi connectivity index (χ1n) is 5.85. The Bertz CT molecular complexity index is 636. The van der Waals surface area contributed by atoms with Crippen molar-refractivity contribution >= 4 is 33.3 Å². The number of anilines is 1. The topological polar surface area (TPSA) is 75.1 Å². The molecule has 0 aromatic carbocycles.